The van der Waals surface area contributed by atoms with Crippen LogP contribution >= 0.6 is 11.5 Å². The lowest BCUT2D eigenvalue weighted by Gasteiger charge is -1.97. The van der Waals surface area contributed by atoms with Gasteiger partial charge in [-0.25, -0.2) is 4.37 Å². The van der Waals surface area contributed by atoms with Gasteiger partial charge in [0.1, 0.15) is 0 Å². The number of hydrogen-bond donors (Lipinski definition) is 0. The van der Waals surface area contributed by atoms with Gasteiger partial charge < -0.3 is 0 Å². The molecule has 12 heavy (non-hydrogen) atoms. The van der Waals surface area contributed by atoms with E-state index in [4.69, 9.17) is 0 Å². The Morgan fingerprint density at radius 2 is 2.08 bits per heavy atom. The van der Waals surface area contributed by atoms with Gasteiger partial charge >= 0.3 is 0 Å². The van der Waals surface area contributed by atoms with Crippen molar-refractivity contribution in [3.63, 3.8) is 0 Å². The molecule has 0 amide bonds. The zero-order valence-corrected chi connectivity index (χ0v) is 8.57. The lowest BCUT2D eigenvalue weighted by Crippen LogP contribution is -1.82. The van der Waals surface area contributed by atoms with Crippen LogP contribution in [0.25, 0.3) is 0 Å². The molecule has 0 saturated carbocycles. The van der Waals surface area contributed by atoms with E-state index in [1.165, 1.54) is 44.1 Å². The molecule has 2 heteroatoms. The van der Waals surface area contributed by atoms with Crippen LogP contribution in [0.3, 0.4) is 0 Å². The molecule has 1 aromatic heterocycles. The number of aromatic nitrogens is 1. The van der Waals surface area contributed by atoms with E-state index in [1.807, 2.05) is 6.20 Å². The van der Waals surface area contributed by atoms with Crippen molar-refractivity contribution in [2.24, 2.45) is 0 Å². The van der Waals surface area contributed by atoms with E-state index < -0.39 is 0 Å². The Kier molecular flexibility index (Phi) is 5.00. The first-order chi connectivity index (χ1) is 5.93. The third-order valence-electron chi connectivity index (χ3n) is 2.05. The largest absolute Gasteiger partial charge is 0.201 e. The molecule has 0 aliphatic heterocycles. The van der Waals surface area contributed by atoms with Gasteiger partial charge in [0.15, 0.2) is 0 Å². The van der Waals surface area contributed by atoms with Gasteiger partial charge in [0.05, 0.1) is 0 Å². The van der Waals surface area contributed by atoms with Crippen LogP contribution in [0.4, 0.5) is 0 Å². The van der Waals surface area contributed by atoms with Crippen molar-refractivity contribution in [1.29, 1.82) is 0 Å². The Hall–Kier alpha value is -0.370. The van der Waals surface area contributed by atoms with Crippen molar-refractivity contribution in [1.82, 2.24) is 4.37 Å². The molecule has 0 saturated heterocycles. The molecule has 0 N–H and O–H groups in total. The third kappa shape index (κ3) is 3.86. The molecule has 1 nitrogen and oxygen atoms in total. The Labute approximate surface area is 79.0 Å². The summed E-state index contributed by atoms with van der Waals surface area (Å²) in [6.07, 6.45) is 10.0. The minimum Gasteiger partial charge on any atom is -0.201 e. The summed E-state index contributed by atoms with van der Waals surface area (Å²) in [5.41, 5.74) is 1.41. The molecule has 0 fully saturated rings. The highest BCUT2D eigenvalue weighted by Crippen LogP contribution is 2.09. The Balaban J connectivity index is 1.96. The van der Waals surface area contributed by atoms with Crippen LogP contribution in [0.5, 0.6) is 0 Å². The summed E-state index contributed by atoms with van der Waals surface area (Å²) in [6.45, 7) is 2.25. The van der Waals surface area contributed by atoms with E-state index in [2.05, 4.69) is 16.7 Å². The van der Waals surface area contributed by atoms with Crippen molar-refractivity contribution in [3.8, 4) is 0 Å². The summed E-state index contributed by atoms with van der Waals surface area (Å²) in [6, 6.07) is 0. The van der Waals surface area contributed by atoms with Crippen molar-refractivity contribution in [2.75, 3.05) is 0 Å². The lowest BCUT2D eigenvalue weighted by atomic mass is 10.1. The summed E-state index contributed by atoms with van der Waals surface area (Å²) >= 11 is 1.56. The number of unbranched alkanes of at least 4 members (excludes halogenated alkanes) is 4. The number of rotatable bonds is 6. The second kappa shape index (κ2) is 6.18. The first-order valence-electron chi connectivity index (χ1n) is 4.81. The Morgan fingerprint density at radius 3 is 2.75 bits per heavy atom. The fourth-order valence-electron chi connectivity index (χ4n) is 1.28. The van der Waals surface area contributed by atoms with Gasteiger partial charge in [0.25, 0.3) is 0 Å². The highest BCUT2D eigenvalue weighted by Gasteiger charge is 1.93. The van der Waals surface area contributed by atoms with Crippen LogP contribution in [0.1, 0.15) is 44.6 Å². The molecule has 0 radical (unpaired) electrons. The van der Waals surface area contributed by atoms with Crippen LogP contribution in [-0.2, 0) is 6.42 Å². The van der Waals surface area contributed by atoms with Crippen LogP contribution in [0.2, 0.25) is 0 Å². The van der Waals surface area contributed by atoms with Crippen LogP contribution in [0, 0.1) is 0 Å². The molecule has 1 aromatic rings. The second-order valence-corrected chi connectivity index (χ2v) is 3.85. The molecule has 0 unspecified atom stereocenters. The monoisotopic (exact) mass is 183 g/mol. The van der Waals surface area contributed by atoms with Gasteiger partial charge in [-0.1, -0.05) is 32.6 Å². The normalized spacial score (nSPS) is 10.4. The first-order valence-corrected chi connectivity index (χ1v) is 5.65. The topological polar surface area (TPSA) is 12.9 Å². The maximum atomic E-state index is 4.08. The average Bonchev–Trinajstić information content (AvgIpc) is 2.57. The second-order valence-electron chi connectivity index (χ2n) is 3.20. The fraction of sp³-hybridized carbons (Fsp3) is 0.700. The van der Waals surface area contributed by atoms with Crippen molar-refractivity contribution < 1.29 is 0 Å². The molecule has 0 aliphatic rings. The van der Waals surface area contributed by atoms with E-state index in [-0.39, 0.29) is 0 Å². The zero-order valence-electron chi connectivity index (χ0n) is 7.75. The first kappa shape index (κ1) is 9.72. The third-order valence-corrected chi connectivity index (χ3v) is 2.69. The van der Waals surface area contributed by atoms with Crippen molar-refractivity contribution >= 4 is 11.5 Å². The Morgan fingerprint density at radius 1 is 1.25 bits per heavy atom. The summed E-state index contributed by atoms with van der Waals surface area (Å²) in [5.74, 6) is 0. The van der Waals surface area contributed by atoms with Gasteiger partial charge in [-0.15, -0.1) is 0 Å². The van der Waals surface area contributed by atoms with Gasteiger partial charge in [-0.05, 0) is 29.9 Å². The highest BCUT2D eigenvalue weighted by molar-refractivity contribution is 7.03. The predicted molar refractivity (Wildman–Crippen MR) is 54.6 cm³/mol. The summed E-state index contributed by atoms with van der Waals surface area (Å²) in [7, 11) is 0. The predicted octanol–water partition coefficient (Wildman–Crippen LogP) is 3.66. The fourth-order valence-corrected chi connectivity index (χ4v) is 1.85. The number of hydrogen-bond acceptors (Lipinski definition) is 2. The molecule has 0 spiro atoms. The smallest absolute Gasteiger partial charge is 0.0438 e. The lowest BCUT2D eigenvalue weighted by molar-refractivity contribution is 0.632. The number of aryl methyl sites for hydroxylation is 1. The van der Waals surface area contributed by atoms with Gasteiger partial charge in [0.2, 0.25) is 0 Å². The van der Waals surface area contributed by atoms with Crippen molar-refractivity contribution in [2.45, 2.75) is 45.4 Å². The molecule has 68 valence electrons. The van der Waals surface area contributed by atoms with E-state index >= 15 is 0 Å². The van der Waals surface area contributed by atoms with E-state index in [1.54, 1.807) is 11.5 Å². The molecular weight excluding hydrogens is 166 g/mol. The van der Waals surface area contributed by atoms with Gasteiger partial charge in [-0.3, -0.25) is 0 Å². The highest BCUT2D eigenvalue weighted by atomic mass is 32.1. The molecule has 0 aliphatic carbocycles. The average molecular weight is 183 g/mol. The molecule has 0 bridgehead atoms. The van der Waals surface area contributed by atoms with Crippen molar-refractivity contribution in [3.05, 3.63) is 17.1 Å². The van der Waals surface area contributed by atoms with Gasteiger partial charge in [0, 0.05) is 11.6 Å². The van der Waals surface area contributed by atoms with Crippen LogP contribution in [-0.4, -0.2) is 4.37 Å². The maximum absolute atomic E-state index is 4.08. The Bertz CT molecular complexity index is 182. The quantitative estimate of drug-likeness (QED) is 0.613. The SMILES string of the molecule is CCCCCCCc1cnsc1. The van der Waals surface area contributed by atoms with Gasteiger partial charge in [-0.2, -0.15) is 0 Å². The number of nitrogens with zero attached hydrogens (tertiary/aromatic N) is 1. The minimum atomic E-state index is 1.22. The minimum absolute atomic E-state index is 1.22. The maximum Gasteiger partial charge on any atom is 0.0438 e. The summed E-state index contributed by atoms with van der Waals surface area (Å²) in [5, 5.41) is 2.15. The van der Waals surface area contributed by atoms with E-state index in [0.29, 0.717) is 0 Å². The molecule has 0 aromatic carbocycles. The zero-order chi connectivity index (χ0) is 8.65. The molecular formula is C10H17NS. The van der Waals surface area contributed by atoms with E-state index in [0.717, 1.165) is 0 Å². The molecule has 1 heterocycles. The van der Waals surface area contributed by atoms with Crippen LogP contribution < -0.4 is 0 Å². The summed E-state index contributed by atoms with van der Waals surface area (Å²) in [4.78, 5) is 0. The standard InChI is InChI=1S/C10H17NS/c1-2-3-4-5-6-7-10-8-11-12-9-10/h8-9H,2-7H2,1H3. The molecule has 0 atom stereocenters. The van der Waals surface area contributed by atoms with Crippen LogP contribution in [0.15, 0.2) is 11.6 Å². The van der Waals surface area contributed by atoms with E-state index in [9.17, 15) is 0 Å². The summed E-state index contributed by atoms with van der Waals surface area (Å²) < 4.78 is 4.08. The molecule has 1 rings (SSSR count).